The molecule has 0 spiro atoms. The van der Waals surface area contributed by atoms with E-state index in [1.807, 2.05) is 0 Å². The van der Waals surface area contributed by atoms with Crippen LogP contribution in [-0.4, -0.2) is 62.8 Å². The molecule has 0 aliphatic carbocycles. The zero-order chi connectivity index (χ0) is 24.8. The summed E-state index contributed by atoms with van der Waals surface area (Å²) in [6.45, 7) is 5.04. The summed E-state index contributed by atoms with van der Waals surface area (Å²) in [6.07, 6.45) is 0. The molecule has 1 amide bonds. The molecule has 1 N–H and O–H groups in total. The minimum atomic E-state index is -0.878. The Kier molecular flexibility index (Phi) is 8.17. The predicted molar refractivity (Wildman–Crippen MR) is 127 cm³/mol. The summed E-state index contributed by atoms with van der Waals surface area (Å²) in [5.41, 5.74) is 0.896. The molecule has 0 radical (unpaired) electrons. The highest BCUT2D eigenvalue weighted by Crippen LogP contribution is 2.45. The number of rotatable bonds is 10. The second-order valence-corrected chi connectivity index (χ2v) is 8.30. The number of aliphatic hydroxyl groups excluding tert-OH is 1. The van der Waals surface area contributed by atoms with Crippen LogP contribution in [0.1, 0.15) is 31.0 Å². The smallest absolute Gasteiger partial charge is 0.295 e. The van der Waals surface area contributed by atoms with Crippen molar-refractivity contribution in [2.75, 3.05) is 41.1 Å². The number of benzene rings is 2. The van der Waals surface area contributed by atoms with Crippen molar-refractivity contribution < 1.29 is 33.6 Å². The number of para-hydroxylation sites is 1. The van der Waals surface area contributed by atoms with Gasteiger partial charge in [0.15, 0.2) is 11.5 Å². The molecule has 0 bridgehead atoms. The van der Waals surface area contributed by atoms with E-state index in [0.29, 0.717) is 40.9 Å². The molecule has 1 atom stereocenters. The number of nitrogens with zero attached hydrogens (tertiary/aromatic N) is 1. The molecule has 0 saturated carbocycles. The van der Waals surface area contributed by atoms with Crippen LogP contribution in [0.3, 0.4) is 0 Å². The minimum absolute atomic E-state index is 0.0245. The molecule has 3 rings (SSSR count). The standard InChI is InChI=1S/C26H31NO7/c1-16(2)15-34-18-11-9-17(10-12-18)23(28)21-22(27(13-14-31-3)26(30)24(21)29)19-7-6-8-20(32-4)25(19)33-5/h6-12,16,22,28H,13-15H2,1-5H3/b23-21-. The van der Waals surface area contributed by atoms with E-state index in [1.54, 1.807) is 42.5 Å². The summed E-state index contributed by atoms with van der Waals surface area (Å²) in [7, 11) is 4.51. The Labute approximate surface area is 199 Å². The van der Waals surface area contributed by atoms with Gasteiger partial charge in [-0.3, -0.25) is 9.59 Å². The Bertz CT molecular complexity index is 1060. The fourth-order valence-corrected chi connectivity index (χ4v) is 3.88. The van der Waals surface area contributed by atoms with E-state index >= 15 is 0 Å². The first kappa shape index (κ1) is 25.1. The number of hydrogen-bond acceptors (Lipinski definition) is 7. The van der Waals surface area contributed by atoms with Crippen LogP contribution in [0.5, 0.6) is 17.2 Å². The summed E-state index contributed by atoms with van der Waals surface area (Å²) < 4.78 is 21.8. The van der Waals surface area contributed by atoms with Crippen molar-refractivity contribution in [2.45, 2.75) is 19.9 Å². The summed E-state index contributed by atoms with van der Waals surface area (Å²) in [5.74, 6) is 0.0787. The van der Waals surface area contributed by atoms with E-state index in [4.69, 9.17) is 18.9 Å². The first-order chi connectivity index (χ1) is 16.3. The zero-order valence-electron chi connectivity index (χ0n) is 20.2. The van der Waals surface area contributed by atoms with Gasteiger partial charge in [0.1, 0.15) is 11.5 Å². The number of aliphatic hydroxyl groups is 1. The number of likely N-dealkylation sites (tertiary alicyclic amines) is 1. The van der Waals surface area contributed by atoms with Crippen molar-refractivity contribution in [2.24, 2.45) is 5.92 Å². The lowest BCUT2D eigenvalue weighted by Gasteiger charge is -2.27. The minimum Gasteiger partial charge on any atom is -0.507 e. The largest absolute Gasteiger partial charge is 0.507 e. The van der Waals surface area contributed by atoms with E-state index in [2.05, 4.69) is 13.8 Å². The fraction of sp³-hybridized carbons (Fsp3) is 0.385. The molecule has 1 aliphatic rings. The highest BCUT2D eigenvalue weighted by molar-refractivity contribution is 6.46. The first-order valence-corrected chi connectivity index (χ1v) is 11.1. The van der Waals surface area contributed by atoms with E-state index in [1.165, 1.54) is 26.2 Å². The van der Waals surface area contributed by atoms with E-state index in [9.17, 15) is 14.7 Å². The van der Waals surface area contributed by atoms with Gasteiger partial charge < -0.3 is 29.0 Å². The number of carbonyl (C=O) groups excluding carboxylic acids is 2. The third-order valence-corrected chi connectivity index (χ3v) is 5.52. The van der Waals surface area contributed by atoms with Crippen LogP contribution in [0.25, 0.3) is 5.76 Å². The molecule has 1 aliphatic heterocycles. The molecular formula is C26H31NO7. The maximum Gasteiger partial charge on any atom is 0.295 e. The average Bonchev–Trinajstić information content (AvgIpc) is 3.10. The summed E-state index contributed by atoms with van der Waals surface area (Å²) in [6, 6.07) is 11.1. The van der Waals surface area contributed by atoms with Crippen molar-refractivity contribution in [3.63, 3.8) is 0 Å². The van der Waals surface area contributed by atoms with Gasteiger partial charge in [0.25, 0.3) is 11.7 Å². The van der Waals surface area contributed by atoms with E-state index in [-0.39, 0.29) is 24.5 Å². The van der Waals surface area contributed by atoms with Crippen LogP contribution in [0.4, 0.5) is 0 Å². The van der Waals surface area contributed by atoms with E-state index < -0.39 is 17.7 Å². The Morgan fingerprint density at radius 1 is 1.03 bits per heavy atom. The van der Waals surface area contributed by atoms with Crippen LogP contribution in [-0.2, 0) is 14.3 Å². The lowest BCUT2D eigenvalue weighted by molar-refractivity contribution is -0.140. The summed E-state index contributed by atoms with van der Waals surface area (Å²) >= 11 is 0. The molecule has 34 heavy (non-hydrogen) atoms. The highest BCUT2D eigenvalue weighted by Gasteiger charge is 2.47. The van der Waals surface area contributed by atoms with Gasteiger partial charge in [-0.25, -0.2) is 0 Å². The first-order valence-electron chi connectivity index (χ1n) is 11.1. The van der Waals surface area contributed by atoms with Crippen LogP contribution in [0.15, 0.2) is 48.0 Å². The van der Waals surface area contributed by atoms with Gasteiger partial charge in [-0.2, -0.15) is 0 Å². The summed E-state index contributed by atoms with van der Waals surface area (Å²) in [5, 5.41) is 11.2. The second-order valence-electron chi connectivity index (χ2n) is 8.30. The number of ketones is 1. The topological polar surface area (TPSA) is 94.5 Å². The number of Topliss-reactive ketones (excluding diaryl/α,β-unsaturated/α-hetero) is 1. The van der Waals surface area contributed by atoms with Crippen LogP contribution >= 0.6 is 0 Å². The van der Waals surface area contributed by atoms with Gasteiger partial charge in [0.05, 0.1) is 39.0 Å². The van der Waals surface area contributed by atoms with Crippen molar-refractivity contribution in [3.05, 3.63) is 59.2 Å². The van der Waals surface area contributed by atoms with Gasteiger partial charge >= 0.3 is 0 Å². The SMILES string of the molecule is COCCN1C(=O)C(=O)/C(=C(\O)c2ccc(OCC(C)C)cc2)C1c1cccc(OC)c1OC. The van der Waals surface area contributed by atoms with Crippen molar-refractivity contribution in [1.82, 2.24) is 4.90 Å². The molecule has 2 aromatic carbocycles. The number of amides is 1. The van der Waals surface area contributed by atoms with Crippen LogP contribution < -0.4 is 14.2 Å². The number of methoxy groups -OCH3 is 3. The molecule has 1 fully saturated rings. The van der Waals surface area contributed by atoms with Gasteiger partial charge in [0.2, 0.25) is 0 Å². The molecule has 0 aromatic heterocycles. The third-order valence-electron chi connectivity index (χ3n) is 5.52. The van der Waals surface area contributed by atoms with Crippen molar-refractivity contribution >= 4 is 17.4 Å². The lowest BCUT2D eigenvalue weighted by atomic mass is 9.94. The normalized spacial score (nSPS) is 17.4. The maximum atomic E-state index is 13.1. The fourth-order valence-electron chi connectivity index (χ4n) is 3.88. The Morgan fingerprint density at radius 2 is 1.74 bits per heavy atom. The highest BCUT2D eigenvalue weighted by atomic mass is 16.5. The average molecular weight is 470 g/mol. The number of hydrogen-bond donors (Lipinski definition) is 1. The lowest BCUT2D eigenvalue weighted by Crippen LogP contribution is -2.32. The molecule has 1 saturated heterocycles. The Balaban J connectivity index is 2.12. The van der Waals surface area contributed by atoms with Crippen LogP contribution in [0, 0.1) is 5.92 Å². The van der Waals surface area contributed by atoms with E-state index in [0.717, 1.165) is 0 Å². The predicted octanol–water partition coefficient (Wildman–Crippen LogP) is 3.81. The number of ether oxygens (including phenoxy) is 4. The number of carbonyl (C=O) groups is 2. The summed E-state index contributed by atoms with van der Waals surface area (Å²) in [4.78, 5) is 27.5. The van der Waals surface area contributed by atoms with Crippen molar-refractivity contribution in [1.29, 1.82) is 0 Å². The van der Waals surface area contributed by atoms with Gasteiger partial charge in [-0.1, -0.05) is 26.0 Å². The second kappa shape index (κ2) is 11.1. The molecule has 8 heteroatoms. The van der Waals surface area contributed by atoms with Crippen molar-refractivity contribution in [3.8, 4) is 17.2 Å². The maximum absolute atomic E-state index is 13.1. The molecular weight excluding hydrogens is 438 g/mol. The quantitative estimate of drug-likeness (QED) is 0.321. The monoisotopic (exact) mass is 469 g/mol. The zero-order valence-corrected chi connectivity index (χ0v) is 20.2. The van der Waals surface area contributed by atoms with Gasteiger partial charge in [0, 0.05) is 24.8 Å². The third kappa shape index (κ3) is 5.02. The van der Waals surface area contributed by atoms with Crippen LogP contribution in [0.2, 0.25) is 0 Å². The molecule has 182 valence electrons. The molecule has 8 nitrogen and oxygen atoms in total. The molecule has 1 heterocycles. The molecule has 1 unspecified atom stereocenters. The van der Waals surface area contributed by atoms with Gasteiger partial charge in [-0.15, -0.1) is 0 Å². The Hall–Kier alpha value is -3.52. The van der Waals surface area contributed by atoms with Gasteiger partial charge in [-0.05, 0) is 36.2 Å². The molecule has 2 aromatic rings. The Morgan fingerprint density at radius 3 is 2.32 bits per heavy atom.